The van der Waals surface area contributed by atoms with Gasteiger partial charge >= 0.3 is 0 Å². The van der Waals surface area contributed by atoms with Crippen LogP contribution >= 0.6 is 0 Å². The predicted octanol–water partition coefficient (Wildman–Crippen LogP) is 1.57. The number of nitrogens with two attached hydrogens (primary N) is 2. The average Bonchev–Trinajstić information content (AvgIpc) is 2.30. The first-order valence-electron chi connectivity index (χ1n) is 5.93. The van der Waals surface area contributed by atoms with Crippen LogP contribution < -0.4 is 10.9 Å². The minimum atomic E-state index is -3.86. The molecule has 0 aromatic heterocycles. The van der Waals surface area contributed by atoms with Gasteiger partial charge in [0.15, 0.2) is 0 Å². The summed E-state index contributed by atoms with van der Waals surface area (Å²) in [7, 11) is -3.86. The maximum Gasteiger partial charge on any atom is 0.271 e. The van der Waals surface area contributed by atoms with E-state index < -0.39 is 38.4 Å². The molecule has 1 aromatic rings. The minimum absolute atomic E-state index is 0.129. The van der Waals surface area contributed by atoms with E-state index in [1.54, 1.807) is 0 Å². The summed E-state index contributed by atoms with van der Waals surface area (Å²) in [6.45, 7) is 3.69. The van der Waals surface area contributed by atoms with Gasteiger partial charge in [0, 0.05) is 0 Å². The zero-order chi connectivity index (χ0) is 15.5. The van der Waals surface area contributed by atoms with Crippen LogP contribution in [0.15, 0.2) is 27.5 Å². The van der Waals surface area contributed by atoms with Crippen molar-refractivity contribution < 1.29 is 17.8 Å². The third-order valence-corrected chi connectivity index (χ3v) is 3.87. The number of halogens is 2. The molecular formula is C12H17F2N3O2S. The van der Waals surface area contributed by atoms with Crippen molar-refractivity contribution in [1.82, 2.24) is 0 Å². The van der Waals surface area contributed by atoms with E-state index in [4.69, 9.17) is 10.9 Å². The molecule has 0 spiro atoms. The Balaban J connectivity index is 3.15. The summed E-state index contributed by atoms with van der Waals surface area (Å²) in [4.78, 5) is 11.0. The quantitative estimate of drug-likeness (QED) is 0.883. The lowest BCUT2D eigenvalue weighted by atomic mass is 10.0. The molecule has 0 aliphatic heterocycles. The molecule has 8 heteroatoms. The summed E-state index contributed by atoms with van der Waals surface area (Å²) < 4.78 is 41.9. The van der Waals surface area contributed by atoms with Gasteiger partial charge in [-0.2, -0.15) is 0 Å². The highest BCUT2D eigenvalue weighted by molar-refractivity contribution is 7.91. The highest BCUT2D eigenvalue weighted by Crippen LogP contribution is 2.16. The van der Waals surface area contributed by atoms with Crippen LogP contribution in [0.4, 0.5) is 8.78 Å². The molecule has 2 atom stereocenters. The van der Waals surface area contributed by atoms with Gasteiger partial charge in [-0.25, -0.2) is 18.1 Å². The largest absolute Gasteiger partial charge is 0.320 e. The van der Waals surface area contributed by atoms with Gasteiger partial charge in [-0.1, -0.05) is 13.8 Å². The van der Waals surface area contributed by atoms with Crippen molar-refractivity contribution in [1.29, 1.82) is 0 Å². The Hall–Kier alpha value is -1.38. The summed E-state index contributed by atoms with van der Waals surface area (Å²) >= 11 is 0. The fourth-order valence-electron chi connectivity index (χ4n) is 1.56. The molecule has 20 heavy (non-hydrogen) atoms. The lowest BCUT2D eigenvalue weighted by Crippen LogP contribution is -2.32. The predicted molar refractivity (Wildman–Crippen MR) is 71.8 cm³/mol. The third kappa shape index (κ3) is 4.32. The van der Waals surface area contributed by atoms with E-state index in [0.717, 1.165) is 12.1 Å². The number of benzene rings is 1. The first-order chi connectivity index (χ1) is 9.13. The molecule has 1 amide bonds. The van der Waals surface area contributed by atoms with E-state index in [2.05, 4.69) is 4.36 Å². The van der Waals surface area contributed by atoms with Gasteiger partial charge in [0.1, 0.15) is 26.4 Å². The van der Waals surface area contributed by atoms with Crippen molar-refractivity contribution in [2.24, 2.45) is 21.2 Å². The van der Waals surface area contributed by atoms with Crippen LogP contribution in [0.2, 0.25) is 0 Å². The van der Waals surface area contributed by atoms with Crippen LogP contribution in [-0.4, -0.2) is 16.2 Å². The average molecular weight is 305 g/mol. The number of nitrogens with zero attached hydrogens (tertiary/aromatic N) is 1. The second-order valence-electron chi connectivity index (χ2n) is 4.81. The van der Waals surface area contributed by atoms with Crippen LogP contribution in [0.5, 0.6) is 0 Å². The molecule has 0 heterocycles. The van der Waals surface area contributed by atoms with Gasteiger partial charge < -0.3 is 5.73 Å². The molecule has 1 aromatic carbocycles. The maximum atomic E-state index is 13.5. The standard InChI is InChI=1S/C12H17F2N3O2S/c1-7(2)5-10(15)12(18)17-20(16,19)11-6-8(13)3-4-9(11)14/h3-4,6-7,10H,5,15H2,1-2H3,(H2,16,17,18,19). The van der Waals surface area contributed by atoms with Gasteiger partial charge in [0.05, 0.1) is 6.04 Å². The molecule has 2 unspecified atom stereocenters. The maximum absolute atomic E-state index is 13.5. The summed E-state index contributed by atoms with van der Waals surface area (Å²) in [5.41, 5.74) is 5.58. The third-order valence-electron chi connectivity index (χ3n) is 2.48. The highest BCUT2D eigenvalue weighted by Gasteiger charge is 2.20. The second kappa shape index (κ2) is 6.38. The molecule has 0 fully saturated rings. The topological polar surface area (TPSA) is 98.5 Å². The lowest BCUT2D eigenvalue weighted by Gasteiger charge is -2.11. The molecule has 0 bridgehead atoms. The molecule has 0 aliphatic carbocycles. The van der Waals surface area contributed by atoms with E-state index >= 15 is 0 Å². The summed E-state index contributed by atoms with van der Waals surface area (Å²) in [6, 6.07) is 1.30. The fourth-order valence-corrected chi connectivity index (χ4v) is 2.69. The molecule has 5 nitrogen and oxygen atoms in total. The number of hydrogen-bond acceptors (Lipinski definition) is 3. The summed E-state index contributed by atoms with van der Waals surface area (Å²) in [5, 5.41) is 5.36. The number of carbonyl (C=O) groups excluding carboxylic acids is 1. The highest BCUT2D eigenvalue weighted by atomic mass is 32.2. The first kappa shape index (κ1) is 16.7. The Bertz CT molecular complexity index is 625. The van der Waals surface area contributed by atoms with Gasteiger partial charge in [0.25, 0.3) is 5.91 Å². The van der Waals surface area contributed by atoms with Gasteiger partial charge in [-0.3, -0.25) is 4.79 Å². The van der Waals surface area contributed by atoms with Crippen molar-refractivity contribution >= 4 is 15.8 Å². The molecule has 0 saturated heterocycles. The Kier molecular flexibility index (Phi) is 5.32. The van der Waals surface area contributed by atoms with E-state index in [9.17, 15) is 17.8 Å². The van der Waals surface area contributed by atoms with Crippen molar-refractivity contribution in [3.05, 3.63) is 29.8 Å². The molecule has 1 rings (SSSR count). The van der Waals surface area contributed by atoms with Crippen LogP contribution in [0.1, 0.15) is 20.3 Å². The summed E-state index contributed by atoms with van der Waals surface area (Å²) in [6.07, 6.45) is 0.323. The molecule has 0 saturated carbocycles. The van der Waals surface area contributed by atoms with Crippen molar-refractivity contribution in [2.75, 3.05) is 0 Å². The zero-order valence-electron chi connectivity index (χ0n) is 11.2. The normalized spacial score (nSPS) is 15.8. The smallest absolute Gasteiger partial charge is 0.271 e. The Labute approximate surface area is 116 Å². The van der Waals surface area contributed by atoms with Gasteiger partial charge in [-0.15, -0.1) is 4.36 Å². The van der Waals surface area contributed by atoms with Crippen LogP contribution in [0.25, 0.3) is 0 Å². The van der Waals surface area contributed by atoms with Gasteiger partial charge in [-0.05, 0) is 30.5 Å². The van der Waals surface area contributed by atoms with E-state index in [1.807, 2.05) is 13.8 Å². The molecule has 4 N–H and O–H groups in total. The number of hydrogen-bond donors (Lipinski definition) is 2. The van der Waals surface area contributed by atoms with Crippen LogP contribution in [0, 0.1) is 17.6 Å². The van der Waals surface area contributed by atoms with E-state index in [0.29, 0.717) is 12.5 Å². The zero-order valence-corrected chi connectivity index (χ0v) is 12.0. The molecule has 0 aliphatic rings. The molecule has 0 radical (unpaired) electrons. The fraction of sp³-hybridized carbons (Fsp3) is 0.417. The van der Waals surface area contributed by atoms with Crippen molar-refractivity contribution in [2.45, 2.75) is 31.2 Å². The van der Waals surface area contributed by atoms with Crippen molar-refractivity contribution in [3.8, 4) is 0 Å². The van der Waals surface area contributed by atoms with Gasteiger partial charge in [0.2, 0.25) is 0 Å². The monoisotopic (exact) mass is 305 g/mol. The number of amides is 1. The Morgan fingerprint density at radius 1 is 1.40 bits per heavy atom. The number of rotatable bonds is 4. The first-order valence-corrected chi connectivity index (χ1v) is 7.50. The minimum Gasteiger partial charge on any atom is -0.320 e. The second-order valence-corrected chi connectivity index (χ2v) is 6.57. The van der Waals surface area contributed by atoms with E-state index in [-0.39, 0.29) is 5.92 Å². The van der Waals surface area contributed by atoms with Crippen molar-refractivity contribution in [3.63, 3.8) is 0 Å². The SMILES string of the molecule is CC(C)CC(N)C(=O)N=S(N)(=O)c1cc(F)ccc1F. The van der Waals surface area contributed by atoms with E-state index in [1.165, 1.54) is 0 Å². The molecular weight excluding hydrogens is 288 g/mol. The summed E-state index contributed by atoms with van der Waals surface area (Å²) in [5.74, 6) is -2.58. The van der Waals surface area contributed by atoms with Crippen LogP contribution in [-0.2, 0) is 14.7 Å². The number of carbonyl (C=O) groups is 1. The molecule has 112 valence electrons. The Morgan fingerprint density at radius 2 is 2.00 bits per heavy atom. The lowest BCUT2D eigenvalue weighted by molar-refractivity contribution is -0.119. The van der Waals surface area contributed by atoms with Crippen LogP contribution in [0.3, 0.4) is 0 Å². The Morgan fingerprint density at radius 3 is 2.55 bits per heavy atom.